The third-order valence-corrected chi connectivity index (χ3v) is 11.7. The smallest absolute Gasteiger partial charge is 0.243 e. The minimum atomic E-state index is -0.738. The summed E-state index contributed by atoms with van der Waals surface area (Å²) in [4.78, 5) is 63.7. The van der Waals surface area contributed by atoms with Crippen LogP contribution in [0.2, 0.25) is 5.02 Å². The molecule has 2 aliphatic rings. The maximum absolute atomic E-state index is 14.9. The number of piperidine rings is 1. The number of hydrogen-bond acceptors (Lipinski definition) is 16. The Kier molecular flexibility index (Phi) is 18.0. The molecule has 372 valence electrons. The lowest BCUT2D eigenvalue weighted by Gasteiger charge is -2.30. The van der Waals surface area contributed by atoms with Crippen molar-refractivity contribution in [2.45, 2.75) is 44.4 Å². The van der Waals surface area contributed by atoms with E-state index in [0.29, 0.717) is 99.6 Å². The van der Waals surface area contributed by atoms with Gasteiger partial charge in [-0.2, -0.15) is 0 Å². The predicted octanol–water partition coefficient (Wildman–Crippen LogP) is 5.06. The number of rotatable bonds is 23. The molecule has 3 heterocycles. The summed E-state index contributed by atoms with van der Waals surface area (Å²) in [5.41, 5.74) is 18.0. The van der Waals surface area contributed by atoms with E-state index in [0.717, 1.165) is 0 Å². The minimum absolute atomic E-state index is 0.0675. The number of aliphatic imine (C=N–C) groups is 1. The number of fused-ring (bicyclic) bond motifs is 3. The molecule has 0 bridgehead atoms. The number of amides is 3. The van der Waals surface area contributed by atoms with Gasteiger partial charge in [0, 0.05) is 64.0 Å². The number of nitrogens with zero attached hydrogens (tertiary/aromatic N) is 5. The van der Waals surface area contributed by atoms with Crippen LogP contribution < -0.4 is 33.3 Å². The molecule has 0 saturated carbocycles. The molecule has 18 nitrogen and oxygen atoms in total. The average Bonchev–Trinajstić information content (AvgIpc) is 3.49. The van der Waals surface area contributed by atoms with Gasteiger partial charge in [0.2, 0.25) is 23.7 Å². The maximum Gasteiger partial charge on any atom is 0.243 e. The molecule has 0 spiro atoms. The lowest BCUT2D eigenvalue weighted by atomic mass is 9.95. The number of hydrogen-bond donors (Lipinski definition) is 6. The van der Waals surface area contributed by atoms with Gasteiger partial charge in [0.15, 0.2) is 0 Å². The van der Waals surface area contributed by atoms with Crippen LogP contribution in [0, 0.1) is 11.6 Å². The van der Waals surface area contributed by atoms with Crippen molar-refractivity contribution in [3.8, 4) is 11.3 Å². The second kappa shape index (κ2) is 24.7. The summed E-state index contributed by atoms with van der Waals surface area (Å²) < 4.78 is 46.7. The van der Waals surface area contributed by atoms with Gasteiger partial charge < -0.3 is 41.3 Å². The molecule has 2 unspecified atom stereocenters. The fraction of sp³-hybridized carbons (Fsp3) is 0.300. The number of carbonyl (C=O) groups is 4. The molecule has 21 heteroatoms. The van der Waals surface area contributed by atoms with E-state index in [1.165, 1.54) is 23.2 Å². The van der Waals surface area contributed by atoms with Crippen LogP contribution in [-0.4, -0.2) is 115 Å². The third-order valence-electron chi connectivity index (χ3n) is 11.5. The second-order valence-corrected chi connectivity index (χ2v) is 17.2. The van der Waals surface area contributed by atoms with Gasteiger partial charge in [-0.1, -0.05) is 35.9 Å². The Morgan fingerprint density at radius 1 is 0.958 bits per heavy atom. The summed E-state index contributed by atoms with van der Waals surface area (Å²) in [5.74, 6) is 4.01. The molecule has 1 fully saturated rings. The van der Waals surface area contributed by atoms with Crippen molar-refractivity contribution in [2.75, 3.05) is 63.9 Å². The zero-order valence-corrected chi connectivity index (χ0v) is 39.6. The van der Waals surface area contributed by atoms with Crippen molar-refractivity contribution in [1.82, 2.24) is 25.2 Å². The summed E-state index contributed by atoms with van der Waals surface area (Å²) in [5, 5.41) is 10.1. The normalized spacial score (nSPS) is 15.0. The zero-order chi connectivity index (χ0) is 50.4. The van der Waals surface area contributed by atoms with E-state index >= 15 is 0 Å². The molecule has 1 aromatic heterocycles. The number of likely N-dealkylation sites (N-methyl/N-ethyl adjacent to an activating group) is 1. The van der Waals surface area contributed by atoms with E-state index < -0.39 is 23.7 Å². The number of halogens is 3. The van der Waals surface area contributed by atoms with Gasteiger partial charge in [-0.05, 0) is 79.2 Å². The Morgan fingerprint density at radius 3 is 2.44 bits per heavy atom. The van der Waals surface area contributed by atoms with Crippen molar-refractivity contribution >= 4 is 64.3 Å². The highest BCUT2D eigenvalue weighted by atomic mass is 35.5. The van der Waals surface area contributed by atoms with Crippen LogP contribution in [0.15, 0.2) is 96.3 Å². The van der Waals surface area contributed by atoms with Crippen molar-refractivity contribution in [3.05, 3.63) is 141 Å². The van der Waals surface area contributed by atoms with E-state index in [4.69, 9.17) is 48.1 Å². The molecular weight excluding hydrogens is 940 g/mol. The molecule has 0 radical (unpaired) electrons. The fourth-order valence-electron chi connectivity index (χ4n) is 7.83. The topological polar surface area (TPSA) is 255 Å². The van der Waals surface area contributed by atoms with Crippen molar-refractivity contribution in [3.63, 3.8) is 0 Å². The third kappa shape index (κ3) is 14.1. The Hall–Kier alpha value is -7.04. The van der Waals surface area contributed by atoms with Crippen LogP contribution in [0.4, 0.5) is 26.1 Å². The first-order valence-electron chi connectivity index (χ1n) is 22.7. The molecule has 71 heavy (non-hydrogen) atoms. The van der Waals surface area contributed by atoms with Crippen LogP contribution in [0.5, 0.6) is 0 Å². The second-order valence-electron chi connectivity index (χ2n) is 16.8. The number of nitrogens with two attached hydrogens (primary N) is 3. The summed E-state index contributed by atoms with van der Waals surface area (Å²) in [6.07, 6.45) is 4.63. The average molecular weight is 995 g/mol. The molecule has 1 saturated heterocycles. The van der Waals surface area contributed by atoms with E-state index in [9.17, 15) is 28.0 Å². The molecule has 3 amide bonds. The van der Waals surface area contributed by atoms with Gasteiger partial charge in [-0.15, -0.1) is 0 Å². The number of carbonyl (C=O) groups excluding carboxylic acids is 4. The van der Waals surface area contributed by atoms with Gasteiger partial charge in [-0.3, -0.25) is 34.4 Å². The molecule has 5 aromatic rings. The number of hydrazine groups is 1. The number of nitrogens with one attached hydrogen (secondary N) is 3. The Balaban J connectivity index is 0.775. The summed E-state index contributed by atoms with van der Waals surface area (Å²) in [6.45, 7) is 2.11. The van der Waals surface area contributed by atoms with Crippen molar-refractivity contribution in [1.29, 1.82) is 0 Å². The highest BCUT2D eigenvalue weighted by Crippen LogP contribution is 2.35. The summed E-state index contributed by atoms with van der Waals surface area (Å²) >= 11 is 6.35. The quantitative estimate of drug-likeness (QED) is 0.0165. The molecular formula is C50H54ClF2N11O7. The van der Waals surface area contributed by atoms with E-state index in [1.54, 1.807) is 60.7 Å². The number of imide groups is 1. The van der Waals surface area contributed by atoms with E-state index in [1.807, 2.05) is 24.3 Å². The monoisotopic (exact) mass is 993 g/mol. The number of aldehydes is 1. The SMILES string of the molecule is CN(Cc1cc(NC(=O)CCOCC(N)COCCOCCN(N)/C=C(\N)c2ccc(Nc3ncc4c(n3)-c3ccc(Cl)cc3C(c3c(F)cccc3F)=NC4)cc2)ccc1C=O)C1CCC(=O)NC1=O. The maximum atomic E-state index is 14.9. The van der Waals surface area contributed by atoms with Crippen LogP contribution in [0.3, 0.4) is 0 Å². The molecule has 2 atom stereocenters. The minimum Gasteiger partial charge on any atom is -0.397 e. The first kappa shape index (κ1) is 51.8. The summed E-state index contributed by atoms with van der Waals surface area (Å²) in [6, 6.07) is 20.0. The number of benzene rings is 4. The molecule has 0 aliphatic carbocycles. The Labute approximate surface area is 413 Å². The zero-order valence-electron chi connectivity index (χ0n) is 38.8. The van der Waals surface area contributed by atoms with Gasteiger partial charge in [-0.25, -0.2) is 24.6 Å². The fourth-order valence-corrected chi connectivity index (χ4v) is 8.00. The van der Waals surface area contributed by atoms with Gasteiger partial charge in [0.05, 0.1) is 93.9 Å². The lowest BCUT2D eigenvalue weighted by molar-refractivity contribution is -0.137. The molecule has 2 aliphatic heterocycles. The van der Waals surface area contributed by atoms with Crippen LogP contribution >= 0.6 is 11.6 Å². The highest BCUT2D eigenvalue weighted by molar-refractivity contribution is 6.31. The first-order valence-corrected chi connectivity index (χ1v) is 23.1. The molecule has 7 rings (SSSR count). The number of ether oxygens (including phenoxy) is 3. The summed E-state index contributed by atoms with van der Waals surface area (Å²) in [7, 11) is 1.74. The van der Waals surface area contributed by atoms with Gasteiger partial charge >= 0.3 is 0 Å². The predicted molar refractivity (Wildman–Crippen MR) is 264 cm³/mol. The first-order chi connectivity index (χ1) is 34.3. The Bertz CT molecular complexity index is 2780. The molecule has 4 aromatic carbocycles. The van der Waals surface area contributed by atoms with Crippen LogP contribution in [0.25, 0.3) is 17.0 Å². The van der Waals surface area contributed by atoms with Gasteiger partial charge in [0.1, 0.15) is 17.9 Å². The van der Waals surface area contributed by atoms with Crippen molar-refractivity contribution < 1.29 is 42.2 Å². The Morgan fingerprint density at radius 2 is 1.69 bits per heavy atom. The van der Waals surface area contributed by atoms with E-state index in [-0.39, 0.29) is 81.4 Å². The largest absolute Gasteiger partial charge is 0.397 e. The number of anilines is 3. The van der Waals surface area contributed by atoms with Crippen LogP contribution in [0.1, 0.15) is 57.4 Å². The standard InChI is InChI=1S/C50H54ClF2N11O7/c1-63(43-13-14-44(66)61-49(43)68)25-32-21-37(11-7-31(32)27-65)59-45(67)15-17-70-28-35(54)29-71-20-19-69-18-16-64(56)26-42(55)30-5-9-36(10-6-30)60-50-58-24-33-23-57-48(46-40(52)3-2-4-41(46)53)39-22-34(51)8-12-38(39)47(33)62-50/h2-12,21-22,24,26-27,35,43H,13-20,23,25,28-29,54-56H2,1H3,(H,59,67)(H,58,60,62)(H,61,66,68)/b42-26-. The van der Waals surface area contributed by atoms with Crippen LogP contribution in [-0.2, 0) is 41.7 Å². The van der Waals surface area contributed by atoms with E-state index in [2.05, 4.69) is 25.9 Å². The van der Waals surface area contributed by atoms with Gasteiger partial charge in [0.25, 0.3) is 0 Å². The molecule has 9 N–H and O–H groups in total. The highest BCUT2D eigenvalue weighted by Gasteiger charge is 2.30. The lowest BCUT2D eigenvalue weighted by Crippen LogP contribution is -2.51. The number of aromatic nitrogens is 2. The van der Waals surface area contributed by atoms with Crippen molar-refractivity contribution in [2.24, 2.45) is 22.3 Å².